The summed E-state index contributed by atoms with van der Waals surface area (Å²) in [5.41, 5.74) is 0.800. The molecule has 0 heterocycles. The third-order valence-electron chi connectivity index (χ3n) is 0.811. The molecule has 1 aromatic rings. The minimum Gasteiger partial charge on any atom is -0.298 e. The van der Waals surface area contributed by atoms with Gasteiger partial charge in [-0.15, -0.1) is 0 Å². The fraction of sp³-hybridized carbons (Fsp3) is 0. The van der Waals surface area contributed by atoms with Crippen LogP contribution in [0.3, 0.4) is 0 Å². The largest absolute Gasteiger partial charge is 0.298 e. The van der Waals surface area contributed by atoms with Gasteiger partial charge in [0, 0.05) is 17.8 Å². The van der Waals surface area contributed by atoms with Crippen LogP contribution in [0.4, 0.5) is 5.69 Å². The Morgan fingerprint density at radius 1 is 1.50 bits per heavy atom. The van der Waals surface area contributed by atoms with Crippen molar-refractivity contribution < 1.29 is 0 Å². The monoisotopic (exact) mass is 126 g/mol. The predicted molar refractivity (Wildman–Crippen MR) is 34.8 cm³/mol. The number of halogens is 1. The van der Waals surface area contributed by atoms with Gasteiger partial charge in [0.2, 0.25) is 0 Å². The van der Waals surface area contributed by atoms with E-state index in [1.165, 1.54) is 0 Å². The van der Waals surface area contributed by atoms with Crippen LogP contribution in [0.2, 0.25) is 0 Å². The van der Waals surface area contributed by atoms with Crippen LogP contribution in [0, 0.1) is 6.07 Å². The molecule has 0 fully saturated rings. The van der Waals surface area contributed by atoms with Gasteiger partial charge in [0.15, 0.2) is 0 Å². The molecule has 1 N–H and O–H groups in total. The molecule has 0 unspecified atom stereocenters. The van der Waals surface area contributed by atoms with Gasteiger partial charge in [-0.2, -0.15) is 0 Å². The summed E-state index contributed by atoms with van der Waals surface area (Å²) in [6.45, 7) is 0. The van der Waals surface area contributed by atoms with Crippen LogP contribution in [-0.2, 0) is 0 Å². The first-order valence-electron chi connectivity index (χ1n) is 2.27. The fourth-order valence-electron chi connectivity index (χ4n) is 0.452. The maximum atomic E-state index is 5.25. The number of nitrogens with one attached hydrogen (secondary N) is 1. The van der Waals surface area contributed by atoms with Crippen molar-refractivity contribution >= 4 is 17.5 Å². The second-order valence-electron chi connectivity index (χ2n) is 1.37. The Morgan fingerprint density at radius 3 is 2.75 bits per heavy atom. The lowest BCUT2D eigenvalue weighted by atomic mass is 10.3. The van der Waals surface area contributed by atoms with Crippen molar-refractivity contribution in [2.75, 3.05) is 4.84 Å². The van der Waals surface area contributed by atoms with Crippen molar-refractivity contribution in [1.82, 2.24) is 0 Å². The van der Waals surface area contributed by atoms with Gasteiger partial charge < -0.3 is 0 Å². The van der Waals surface area contributed by atoms with Gasteiger partial charge in [0.1, 0.15) is 0 Å². The molecular formula is C6H5ClN. The first kappa shape index (κ1) is 5.45. The molecule has 0 aliphatic carbocycles. The van der Waals surface area contributed by atoms with Gasteiger partial charge in [-0.3, -0.25) is 4.84 Å². The van der Waals surface area contributed by atoms with E-state index in [0.717, 1.165) is 5.69 Å². The summed E-state index contributed by atoms with van der Waals surface area (Å²) in [5, 5.41) is 0. The summed E-state index contributed by atoms with van der Waals surface area (Å²) in [6, 6.07) is 10.3. The zero-order chi connectivity index (χ0) is 5.82. The van der Waals surface area contributed by atoms with Crippen LogP contribution in [-0.4, -0.2) is 0 Å². The molecular weight excluding hydrogens is 122 g/mol. The number of anilines is 1. The Bertz CT molecular complexity index is 150. The molecule has 2 heteroatoms. The molecule has 8 heavy (non-hydrogen) atoms. The van der Waals surface area contributed by atoms with Crippen LogP contribution in [0.1, 0.15) is 0 Å². The summed E-state index contributed by atoms with van der Waals surface area (Å²) in [5.74, 6) is 0. The Morgan fingerprint density at radius 2 is 2.38 bits per heavy atom. The number of hydrogen-bond acceptors (Lipinski definition) is 1. The average Bonchev–Trinajstić information content (AvgIpc) is 1.90. The van der Waals surface area contributed by atoms with Crippen LogP contribution in [0.15, 0.2) is 24.3 Å². The van der Waals surface area contributed by atoms with Gasteiger partial charge in [-0.25, -0.2) is 0 Å². The molecule has 0 atom stereocenters. The van der Waals surface area contributed by atoms with Crippen molar-refractivity contribution in [1.29, 1.82) is 0 Å². The molecule has 0 saturated heterocycles. The van der Waals surface area contributed by atoms with Crippen molar-refractivity contribution in [3.63, 3.8) is 0 Å². The Labute approximate surface area is 53.4 Å². The number of hydrogen-bond donors (Lipinski definition) is 1. The third-order valence-corrected chi connectivity index (χ3v) is 1.01. The summed E-state index contributed by atoms with van der Waals surface area (Å²) < 4.78 is 0. The molecule has 0 aliphatic heterocycles. The van der Waals surface area contributed by atoms with Crippen molar-refractivity contribution in [2.45, 2.75) is 0 Å². The van der Waals surface area contributed by atoms with E-state index in [4.69, 9.17) is 11.8 Å². The highest BCUT2D eigenvalue weighted by Crippen LogP contribution is 2.03. The highest BCUT2D eigenvalue weighted by molar-refractivity contribution is 6.23. The van der Waals surface area contributed by atoms with Crippen LogP contribution >= 0.6 is 11.8 Å². The van der Waals surface area contributed by atoms with E-state index < -0.39 is 0 Å². The van der Waals surface area contributed by atoms with Gasteiger partial charge in [-0.05, 0) is 6.07 Å². The Balaban J connectivity index is 2.83. The number of rotatable bonds is 1. The quantitative estimate of drug-likeness (QED) is 0.568. The molecule has 0 saturated carbocycles. The van der Waals surface area contributed by atoms with E-state index >= 15 is 0 Å². The van der Waals surface area contributed by atoms with E-state index in [1.807, 2.05) is 18.2 Å². The fourth-order valence-corrected chi connectivity index (χ4v) is 0.570. The summed E-state index contributed by atoms with van der Waals surface area (Å²) >= 11 is 5.25. The molecule has 41 valence electrons. The molecule has 0 amide bonds. The van der Waals surface area contributed by atoms with Crippen molar-refractivity contribution in [3.8, 4) is 0 Å². The smallest absolute Gasteiger partial charge is 0.0570 e. The molecule has 1 rings (SSSR count). The topological polar surface area (TPSA) is 12.0 Å². The maximum Gasteiger partial charge on any atom is 0.0570 e. The second-order valence-corrected chi connectivity index (χ2v) is 1.56. The molecule has 1 nitrogen and oxygen atoms in total. The standard InChI is InChI=1S/C6H5ClN/c7-8-6-4-2-1-3-5-6/h1-4,8H. The van der Waals surface area contributed by atoms with Gasteiger partial charge in [0.05, 0.1) is 5.69 Å². The average molecular weight is 127 g/mol. The Kier molecular flexibility index (Phi) is 1.75. The summed E-state index contributed by atoms with van der Waals surface area (Å²) in [6.07, 6.45) is 0. The summed E-state index contributed by atoms with van der Waals surface area (Å²) in [4.78, 5) is 2.44. The molecule has 0 spiro atoms. The lowest BCUT2D eigenvalue weighted by molar-refractivity contribution is 1.66. The minimum atomic E-state index is 0.800. The lowest BCUT2D eigenvalue weighted by Crippen LogP contribution is -1.75. The van der Waals surface area contributed by atoms with E-state index in [-0.39, 0.29) is 0 Å². The number of para-hydroxylation sites is 1. The molecule has 1 radical (unpaired) electrons. The van der Waals surface area contributed by atoms with E-state index in [2.05, 4.69) is 10.9 Å². The first-order valence-corrected chi connectivity index (χ1v) is 2.64. The van der Waals surface area contributed by atoms with Gasteiger partial charge in [0.25, 0.3) is 0 Å². The van der Waals surface area contributed by atoms with Gasteiger partial charge in [-0.1, -0.05) is 18.2 Å². The maximum absolute atomic E-state index is 5.25. The van der Waals surface area contributed by atoms with E-state index in [0.29, 0.717) is 0 Å². The summed E-state index contributed by atoms with van der Waals surface area (Å²) in [7, 11) is 0. The first-order chi connectivity index (χ1) is 3.93. The predicted octanol–water partition coefficient (Wildman–Crippen LogP) is 2.05. The van der Waals surface area contributed by atoms with Crippen molar-refractivity contribution in [3.05, 3.63) is 30.3 Å². The zero-order valence-corrected chi connectivity index (χ0v) is 4.94. The second kappa shape index (κ2) is 2.58. The SMILES string of the molecule is ClNc1[c]cccc1. The normalized spacial score (nSPS) is 8.62. The lowest BCUT2D eigenvalue weighted by Gasteiger charge is -1.90. The Hall–Kier alpha value is -0.690. The van der Waals surface area contributed by atoms with Crippen LogP contribution in [0.5, 0.6) is 0 Å². The van der Waals surface area contributed by atoms with Crippen LogP contribution < -0.4 is 4.84 Å². The number of benzene rings is 1. The van der Waals surface area contributed by atoms with E-state index in [9.17, 15) is 0 Å². The molecule has 0 bridgehead atoms. The molecule has 0 aromatic heterocycles. The van der Waals surface area contributed by atoms with E-state index in [1.54, 1.807) is 6.07 Å². The third kappa shape index (κ3) is 1.14. The highest BCUT2D eigenvalue weighted by Gasteiger charge is 1.80. The molecule has 0 aliphatic rings. The highest BCUT2D eigenvalue weighted by atomic mass is 35.5. The van der Waals surface area contributed by atoms with Gasteiger partial charge >= 0.3 is 0 Å². The minimum absolute atomic E-state index is 0.800. The van der Waals surface area contributed by atoms with Crippen molar-refractivity contribution in [2.24, 2.45) is 0 Å². The zero-order valence-electron chi connectivity index (χ0n) is 4.19. The molecule has 1 aromatic carbocycles. The van der Waals surface area contributed by atoms with Crippen LogP contribution in [0.25, 0.3) is 0 Å².